The van der Waals surface area contributed by atoms with Crippen molar-refractivity contribution >= 4 is 5.57 Å². The third-order valence-electron chi connectivity index (χ3n) is 2.79. The number of rotatable bonds is 2. The van der Waals surface area contributed by atoms with Gasteiger partial charge >= 0.3 is 0 Å². The third-order valence-corrected chi connectivity index (χ3v) is 2.79. The van der Waals surface area contributed by atoms with Crippen LogP contribution in [0.2, 0.25) is 0 Å². The van der Waals surface area contributed by atoms with Crippen molar-refractivity contribution in [1.29, 1.82) is 0 Å². The first-order valence-electron chi connectivity index (χ1n) is 5.30. The molecule has 15 heavy (non-hydrogen) atoms. The maximum atomic E-state index is 5.38. The molecule has 0 N–H and O–H groups in total. The Hall–Kier alpha value is -1.48. The predicted octanol–water partition coefficient (Wildman–Crippen LogP) is 4.24. The van der Waals surface area contributed by atoms with E-state index in [2.05, 4.69) is 51.0 Å². The maximum Gasteiger partial charge on any atom is 0.00217 e. The molecule has 1 aromatic carbocycles. The van der Waals surface area contributed by atoms with Crippen LogP contribution >= 0.6 is 0 Å². The van der Waals surface area contributed by atoms with Gasteiger partial charge in [-0.3, -0.25) is 0 Å². The molecule has 0 aliphatic heterocycles. The molecule has 0 aliphatic carbocycles. The van der Waals surface area contributed by atoms with Gasteiger partial charge in [0.15, 0.2) is 0 Å². The van der Waals surface area contributed by atoms with Gasteiger partial charge in [0, 0.05) is 5.57 Å². The minimum atomic E-state index is 0.581. The predicted molar refractivity (Wildman–Crippen MR) is 67.6 cm³/mol. The van der Waals surface area contributed by atoms with Gasteiger partial charge in [0.1, 0.15) is 0 Å². The highest BCUT2D eigenvalue weighted by Gasteiger charge is 2.01. The van der Waals surface area contributed by atoms with Crippen molar-refractivity contribution < 1.29 is 0 Å². The summed E-state index contributed by atoms with van der Waals surface area (Å²) in [5.74, 6) is 3.26. The van der Waals surface area contributed by atoms with Gasteiger partial charge in [0.2, 0.25) is 0 Å². The molecule has 0 bridgehead atoms. The molecule has 0 aromatic heterocycles. The SMILES string of the molecule is C#CC(C)=C(C)c1ccc(C(C)C)cc1. The molecule has 0 fully saturated rings. The van der Waals surface area contributed by atoms with E-state index >= 15 is 0 Å². The van der Waals surface area contributed by atoms with Crippen molar-refractivity contribution in [1.82, 2.24) is 0 Å². The summed E-state index contributed by atoms with van der Waals surface area (Å²) in [6, 6.07) is 8.64. The number of hydrogen-bond donors (Lipinski definition) is 0. The second kappa shape index (κ2) is 4.84. The van der Waals surface area contributed by atoms with Gasteiger partial charge in [-0.05, 0) is 36.5 Å². The van der Waals surface area contributed by atoms with Gasteiger partial charge in [0.05, 0.1) is 0 Å². The topological polar surface area (TPSA) is 0 Å². The lowest BCUT2D eigenvalue weighted by atomic mass is 9.97. The van der Waals surface area contributed by atoms with Gasteiger partial charge in [0.25, 0.3) is 0 Å². The fourth-order valence-corrected chi connectivity index (χ4v) is 1.44. The van der Waals surface area contributed by atoms with E-state index in [-0.39, 0.29) is 0 Å². The van der Waals surface area contributed by atoms with Gasteiger partial charge in [-0.1, -0.05) is 44.0 Å². The van der Waals surface area contributed by atoms with Crippen LogP contribution < -0.4 is 0 Å². The van der Waals surface area contributed by atoms with Crippen molar-refractivity contribution in [2.75, 3.05) is 0 Å². The zero-order valence-corrected chi connectivity index (χ0v) is 9.96. The van der Waals surface area contributed by atoms with E-state index in [1.54, 1.807) is 0 Å². The molecule has 0 saturated carbocycles. The Kier molecular flexibility index (Phi) is 3.74. The molecule has 0 amide bonds. The van der Waals surface area contributed by atoms with E-state index in [4.69, 9.17) is 6.42 Å². The van der Waals surface area contributed by atoms with E-state index < -0.39 is 0 Å². The summed E-state index contributed by atoms with van der Waals surface area (Å²) in [4.78, 5) is 0. The average Bonchev–Trinajstić information content (AvgIpc) is 2.27. The van der Waals surface area contributed by atoms with Gasteiger partial charge in [-0.15, -0.1) is 6.42 Å². The van der Waals surface area contributed by atoms with Crippen molar-refractivity contribution in [3.05, 3.63) is 41.0 Å². The first-order valence-corrected chi connectivity index (χ1v) is 5.30. The largest absolute Gasteiger partial charge is 0.115 e. The van der Waals surface area contributed by atoms with E-state index in [1.807, 2.05) is 6.92 Å². The Bertz CT molecular complexity index is 397. The standard InChI is InChI=1S/C15H18/c1-6-12(4)13(5)15-9-7-14(8-10-15)11(2)3/h1,7-11H,2-5H3. The molecule has 0 nitrogen and oxygen atoms in total. The minimum Gasteiger partial charge on any atom is -0.115 e. The van der Waals surface area contributed by atoms with Crippen molar-refractivity contribution in [2.24, 2.45) is 0 Å². The third kappa shape index (κ3) is 2.73. The second-order valence-electron chi connectivity index (χ2n) is 4.17. The number of allylic oxidation sites excluding steroid dienone is 2. The quantitative estimate of drug-likeness (QED) is 0.624. The summed E-state index contributed by atoms with van der Waals surface area (Å²) in [5.41, 5.74) is 4.78. The minimum absolute atomic E-state index is 0.581. The highest BCUT2D eigenvalue weighted by atomic mass is 14.1. The normalized spacial score (nSPS) is 12.3. The van der Waals surface area contributed by atoms with Gasteiger partial charge in [-0.2, -0.15) is 0 Å². The summed E-state index contributed by atoms with van der Waals surface area (Å²) in [6.45, 7) is 8.44. The summed E-state index contributed by atoms with van der Waals surface area (Å²) in [6.07, 6.45) is 5.38. The average molecular weight is 198 g/mol. The monoisotopic (exact) mass is 198 g/mol. The molecular weight excluding hydrogens is 180 g/mol. The molecule has 0 spiro atoms. The fraction of sp³-hybridized carbons (Fsp3) is 0.333. The molecule has 1 rings (SSSR count). The fourth-order valence-electron chi connectivity index (χ4n) is 1.44. The lowest BCUT2D eigenvalue weighted by molar-refractivity contribution is 0.866. The van der Waals surface area contributed by atoms with Crippen LogP contribution in [0, 0.1) is 12.3 Å². The van der Waals surface area contributed by atoms with Gasteiger partial charge in [-0.25, -0.2) is 0 Å². The Morgan fingerprint density at radius 3 is 2.07 bits per heavy atom. The maximum absolute atomic E-state index is 5.38. The molecule has 0 aliphatic rings. The lowest BCUT2D eigenvalue weighted by Crippen LogP contribution is -1.88. The first kappa shape index (κ1) is 11.6. The van der Waals surface area contributed by atoms with Crippen LogP contribution in [0.5, 0.6) is 0 Å². The zero-order valence-electron chi connectivity index (χ0n) is 9.96. The highest BCUT2D eigenvalue weighted by molar-refractivity contribution is 5.70. The van der Waals surface area contributed by atoms with Crippen LogP contribution in [-0.4, -0.2) is 0 Å². The molecule has 0 heterocycles. The van der Waals surface area contributed by atoms with Crippen LogP contribution in [0.1, 0.15) is 44.7 Å². The molecule has 0 radical (unpaired) electrons. The molecule has 0 atom stereocenters. The van der Waals surface area contributed by atoms with Crippen molar-refractivity contribution in [2.45, 2.75) is 33.6 Å². The molecule has 0 unspecified atom stereocenters. The summed E-state index contributed by atoms with van der Waals surface area (Å²) in [5, 5.41) is 0. The van der Waals surface area contributed by atoms with E-state index in [0.29, 0.717) is 5.92 Å². The van der Waals surface area contributed by atoms with Crippen LogP contribution in [0.25, 0.3) is 5.57 Å². The van der Waals surface area contributed by atoms with E-state index in [9.17, 15) is 0 Å². The lowest BCUT2D eigenvalue weighted by Gasteiger charge is -2.08. The smallest absolute Gasteiger partial charge is 0.00217 e. The second-order valence-corrected chi connectivity index (χ2v) is 4.17. The van der Waals surface area contributed by atoms with Crippen molar-refractivity contribution in [3.63, 3.8) is 0 Å². The van der Waals surface area contributed by atoms with E-state index in [0.717, 1.165) is 5.57 Å². The molecule has 0 saturated heterocycles. The highest BCUT2D eigenvalue weighted by Crippen LogP contribution is 2.21. The Labute approximate surface area is 93.0 Å². The number of terminal acetylenes is 1. The summed E-state index contributed by atoms with van der Waals surface area (Å²) in [7, 11) is 0. The number of benzene rings is 1. The van der Waals surface area contributed by atoms with Gasteiger partial charge < -0.3 is 0 Å². The number of hydrogen-bond acceptors (Lipinski definition) is 0. The van der Waals surface area contributed by atoms with Crippen LogP contribution in [0.3, 0.4) is 0 Å². The van der Waals surface area contributed by atoms with Crippen LogP contribution in [0.4, 0.5) is 0 Å². The summed E-state index contributed by atoms with van der Waals surface area (Å²) < 4.78 is 0. The Balaban J connectivity index is 3.06. The summed E-state index contributed by atoms with van der Waals surface area (Å²) >= 11 is 0. The Morgan fingerprint density at radius 2 is 1.67 bits per heavy atom. The zero-order chi connectivity index (χ0) is 11.4. The van der Waals surface area contributed by atoms with Crippen LogP contribution in [0.15, 0.2) is 29.8 Å². The van der Waals surface area contributed by atoms with E-state index in [1.165, 1.54) is 16.7 Å². The first-order chi connectivity index (χ1) is 7.06. The Morgan fingerprint density at radius 1 is 1.13 bits per heavy atom. The molecular formula is C15H18. The molecule has 0 heteroatoms. The van der Waals surface area contributed by atoms with Crippen molar-refractivity contribution in [3.8, 4) is 12.3 Å². The van der Waals surface area contributed by atoms with Crippen LogP contribution in [-0.2, 0) is 0 Å². The molecule has 78 valence electrons. The molecule has 1 aromatic rings.